The van der Waals surface area contributed by atoms with Gasteiger partial charge in [-0.05, 0) is 32.5 Å². The van der Waals surface area contributed by atoms with Crippen molar-refractivity contribution < 1.29 is 39.4 Å². The van der Waals surface area contributed by atoms with Crippen molar-refractivity contribution in [3.05, 3.63) is 0 Å². The Bertz CT molecular complexity index is 582. The minimum absolute atomic E-state index is 0.646. The maximum Gasteiger partial charge on any atom is 0.516 e. The van der Waals surface area contributed by atoms with Crippen LogP contribution >= 0.6 is 0 Å². The maximum absolute atomic E-state index is 11.4. The molecule has 0 spiro atoms. The number of halogens is 3. The molecule has 1 fully saturated rings. The quantitative estimate of drug-likeness (QED) is 0.620. The predicted octanol–water partition coefficient (Wildman–Crippen LogP) is 3.38. The molecule has 13 heteroatoms. The zero-order valence-corrected chi connectivity index (χ0v) is 19.4. The molecule has 0 aromatic rings. The summed E-state index contributed by atoms with van der Waals surface area (Å²) in [4.78, 5) is 9.92. The molecule has 162 valence electrons. The van der Waals surface area contributed by atoms with Gasteiger partial charge in [0.2, 0.25) is 5.91 Å². The second kappa shape index (κ2) is 10.3. The highest BCUT2D eigenvalue weighted by Crippen LogP contribution is 2.39. The number of hydrogen-bond acceptors (Lipinski definition) is 6. The molecule has 0 aromatic heterocycles. The summed E-state index contributed by atoms with van der Waals surface area (Å²) in [5, 5.41) is 0. The molecule has 1 amide bonds. The Balaban J connectivity index is 0.000000541. The number of rotatable bonds is 6. The monoisotopic (exact) mass is 453 g/mol. The van der Waals surface area contributed by atoms with Gasteiger partial charge in [-0.2, -0.15) is 21.6 Å². The number of alkyl halides is 3. The minimum Gasteiger partial charge on any atom is -0.415 e. The second-order valence-electron chi connectivity index (χ2n) is 6.87. The summed E-state index contributed by atoms with van der Waals surface area (Å²) in [6.07, 6.45) is 6.56. The lowest BCUT2D eigenvalue weighted by atomic mass is 10.0. The standard InChI is InChI=1S/C11H26O3Si2.C3H4F3NO3S/c1-12-15(3,4)14-16(5,13-2)11-9-7-6-8-10-11;1-2(8)7-11(9,10)3(4,5)6/h11H,6-10H2,1-5H3;1H3,(H,7,8). The molecule has 1 atom stereocenters. The lowest BCUT2D eigenvalue weighted by Crippen LogP contribution is -2.52. The van der Waals surface area contributed by atoms with Crippen molar-refractivity contribution in [3.8, 4) is 0 Å². The molecule has 0 aromatic carbocycles. The summed E-state index contributed by atoms with van der Waals surface area (Å²) in [6, 6.07) is 0. The van der Waals surface area contributed by atoms with Gasteiger partial charge < -0.3 is 13.0 Å². The Morgan fingerprint density at radius 1 is 1.04 bits per heavy atom. The zero-order valence-electron chi connectivity index (χ0n) is 16.6. The molecular weight excluding hydrogens is 423 g/mol. The average Bonchev–Trinajstić information content (AvgIpc) is 2.53. The molecule has 0 saturated heterocycles. The summed E-state index contributed by atoms with van der Waals surface area (Å²) in [7, 11) is -5.97. The molecule has 27 heavy (non-hydrogen) atoms. The molecule has 1 aliphatic carbocycles. The molecule has 0 aliphatic heterocycles. The van der Waals surface area contributed by atoms with Crippen LogP contribution in [0.25, 0.3) is 0 Å². The van der Waals surface area contributed by atoms with Crippen LogP contribution in [-0.4, -0.2) is 51.2 Å². The fourth-order valence-electron chi connectivity index (χ4n) is 2.70. The van der Waals surface area contributed by atoms with Gasteiger partial charge in [0.25, 0.3) is 0 Å². The van der Waals surface area contributed by atoms with Crippen LogP contribution in [0, 0.1) is 0 Å². The molecular formula is C14H30F3NO6SSi2. The lowest BCUT2D eigenvalue weighted by molar-refractivity contribution is -0.117. The highest BCUT2D eigenvalue weighted by atomic mass is 32.2. The van der Waals surface area contributed by atoms with E-state index in [1.54, 1.807) is 14.2 Å². The highest BCUT2D eigenvalue weighted by molar-refractivity contribution is 7.90. The molecule has 1 unspecified atom stereocenters. The van der Waals surface area contributed by atoms with E-state index in [0.29, 0.717) is 12.5 Å². The Morgan fingerprint density at radius 3 is 1.81 bits per heavy atom. The number of hydrogen-bond donors (Lipinski definition) is 1. The Labute approximate surface area is 161 Å². The second-order valence-corrected chi connectivity index (χ2v) is 15.8. The highest BCUT2D eigenvalue weighted by Gasteiger charge is 2.47. The van der Waals surface area contributed by atoms with Crippen molar-refractivity contribution in [3.63, 3.8) is 0 Å². The minimum atomic E-state index is -5.50. The number of sulfonamides is 1. The third-order valence-electron chi connectivity index (χ3n) is 4.27. The topological polar surface area (TPSA) is 90.9 Å². The third kappa shape index (κ3) is 9.04. The first-order valence-electron chi connectivity index (χ1n) is 8.50. The van der Waals surface area contributed by atoms with E-state index in [1.807, 2.05) is 0 Å². The number of nitrogens with one attached hydrogen (secondary N) is 1. The van der Waals surface area contributed by atoms with E-state index in [0.717, 1.165) is 4.72 Å². The SMILES string of the molecule is CC(=O)NS(=O)(=O)C(F)(F)F.CO[Si](C)(C)O[Si](C)(OC)C1CCCCC1. The molecule has 0 bridgehead atoms. The van der Waals surface area contributed by atoms with Crippen molar-refractivity contribution in [1.82, 2.24) is 4.72 Å². The molecule has 1 N–H and O–H groups in total. The van der Waals surface area contributed by atoms with E-state index >= 15 is 0 Å². The van der Waals surface area contributed by atoms with Gasteiger partial charge in [0.15, 0.2) is 0 Å². The fourth-order valence-corrected chi connectivity index (χ4v) is 10.2. The van der Waals surface area contributed by atoms with Crippen LogP contribution in [0.15, 0.2) is 0 Å². The van der Waals surface area contributed by atoms with Crippen molar-refractivity contribution in [1.29, 1.82) is 0 Å². The van der Waals surface area contributed by atoms with Gasteiger partial charge >= 0.3 is 32.7 Å². The normalized spacial score (nSPS) is 18.9. The van der Waals surface area contributed by atoms with Gasteiger partial charge in [-0.3, -0.25) is 4.79 Å². The van der Waals surface area contributed by atoms with Gasteiger partial charge in [0.1, 0.15) is 0 Å². The van der Waals surface area contributed by atoms with Crippen molar-refractivity contribution in [2.45, 2.75) is 69.7 Å². The first-order valence-corrected chi connectivity index (χ1v) is 15.2. The van der Waals surface area contributed by atoms with Crippen LogP contribution in [0.1, 0.15) is 39.0 Å². The van der Waals surface area contributed by atoms with E-state index in [2.05, 4.69) is 19.6 Å². The smallest absolute Gasteiger partial charge is 0.415 e. The zero-order chi connectivity index (χ0) is 21.5. The molecule has 7 nitrogen and oxygen atoms in total. The van der Waals surface area contributed by atoms with Crippen molar-refractivity contribution >= 4 is 33.1 Å². The first kappa shape index (κ1) is 26.5. The Kier molecular flexibility index (Phi) is 10.2. The summed E-state index contributed by atoms with van der Waals surface area (Å²) in [5.41, 5.74) is -4.79. The lowest BCUT2D eigenvalue weighted by Gasteiger charge is -2.40. The molecule has 1 rings (SSSR count). The van der Waals surface area contributed by atoms with Crippen LogP contribution < -0.4 is 4.72 Å². The molecule has 0 heterocycles. The van der Waals surface area contributed by atoms with Gasteiger partial charge in [0.05, 0.1) is 0 Å². The summed E-state index contributed by atoms with van der Waals surface area (Å²) < 4.78 is 72.5. The largest absolute Gasteiger partial charge is 0.516 e. The van der Waals surface area contributed by atoms with E-state index in [-0.39, 0.29) is 0 Å². The van der Waals surface area contributed by atoms with Crippen molar-refractivity contribution in [2.24, 2.45) is 0 Å². The first-order chi connectivity index (χ1) is 12.1. The summed E-state index contributed by atoms with van der Waals surface area (Å²) in [6.45, 7) is 7.07. The van der Waals surface area contributed by atoms with Gasteiger partial charge in [-0.1, -0.05) is 19.3 Å². The van der Waals surface area contributed by atoms with Crippen molar-refractivity contribution in [2.75, 3.05) is 14.2 Å². The predicted molar refractivity (Wildman–Crippen MR) is 99.8 cm³/mol. The van der Waals surface area contributed by atoms with Crippen LogP contribution in [0.3, 0.4) is 0 Å². The fraction of sp³-hybridized carbons (Fsp3) is 0.929. The van der Waals surface area contributed by atoms with E-state index < -0.39 is 38.6 Å². The molecule has 1 saturated carbocycles. The Hall–Kier alpha value is -0.476. The number of carbonyl (C=O) groups is 1. The molecule has 0 radical (unpaired) electrons. The number of carbonyl (C=O) groups excluding carboxylic acids is 1. The van der Waals surface area contributed by atoms with Gasteiger partial charge in [-0.15, -0.1) is 0 Å². The Morgan fingerprint density at radius 2 is 1.52 bits per heavy atom. The van der Waals surface area contributed by atoms with Gasteiger partial charge in [0, 0.05) is 26.7 Å². The van der Waals surface area contributed by atoms with Crippen LogP contribution in [-0.2, 0) is 27.8 Å². The number of amides is 1. The van der Waals surface area contributed by atoms with E-state index in [4.69, 9.17) is 13.0 Å². The average molecular weight is 454 g/mol. The van der Waals surface area contributed by atoms with Crippen LogP contribution in [0.4, 0.5) is 13.2 Å². The van der Waals surface area contributed by atoms with Crippen LogP contribution in [0.2, 0.25) is 25.2 Å². The van der Waals surface area contributed by atoms with E-state index in [9.17, 15) is 26.4 Å². The molecule has 1 aliphatic rings. The third-order valence-corrected chi connectivity index (χ3v) is 12.9. The van der Waals surface area contributed by atoms with Gasteiger partial charge in [-0.25, -0.2) is 4.72 Å². The van der Waals surface area contributed by atoms with Crippen LogP contribution in [0.5, 0.6) is 0 Å². The van der Waals surface area contributed by atoms with E-state index in [1.165, 1.54) is 32.1 Å². The summed E-state index contributed by atoms with van der Waals surface area (Å²) in [5.74, 6) is -1.28. The maximum atomic E-state index is 11.4. The summed E-state index contributed by atoms with van der Waals surface area (Å²) >= 11 is 0.